The van der Waals surface area contributed by atoms with Crippen LogP contribution in [0.25, 0.3) is 10.1 Å². The number of aliphatic hydroxyl groups excluding tert-OH is 1. The molecule has 0 bridgehead atoms. The van der Waals surface area contributed by atoms with Crippen LogP contribution < -0.4 is 15.4 Å². The number of phenolic OH excluding ortho intramolecular Hbond substituents is 1. The number of fused-ring (bicyclic) bond motifs is 1. The number of rotatable bonds is 6. The van der Waals surface area contributed by atoms with E-state index in [-0.39, 0.29) is 29.7 Å². The Hall–Kier alpha value is -2.04. The molecule has 0 spiro atoms. The summed E-state index contributed by atoms with van der Waals surface area (Å²) in [6.07, 6.45) is -0.633. The summed E-state index contributed by atoms with van der Waals surface area (Å²) in [5.41, 5.74) is 0.697. The van der Waals surface area contributed by atoms with E-state index in [1.807, 2.05) is 30.3 Å². The molecule has 1 unspecified atom stereocenters. The molecule has 2 aromatic carbocycles. The summed E-state index contributed by atoms with van der Waals surface area (Å²) >= 11 is 1.58. The van der Waals surface area contributed by atoms with E-state index in [1.165, 1.54) is 0 Å². The highest BCUT2D eigenvalue weighted by Gasteiger charge is 2.12. The Morgan fingerprint density at radius 2 is 1.96 bits per heavy atom. The van der Waals surface area contributed by atoms with Crippen LogP contribution in [0.5, 0.6) is 11.5 Å². The van der Waals surface area contributed by atoms with E-state index in [0.717, 1.165) is 15.0 Å². The van der Waals surface area contributed by atoms with Gasteiger partial charge in [0.1, 0.15) is 17.6 Å². The lowest BCUT2D eigenvalue weighted by atomic mass is 10.2. The molecule has 0 aliphatic carbocycles. The Labute approximate surface area is 185 Å². The zero-order valence-corrected chi connectivity index (χ0v) is 18.8. The van der Waals surface area contributed by atoms with Crippen LogP contribution in [0, 0.1) is 0 Å². The lowest BCUT2D eigenvalue weighted by molar-refractivity contribution is 0.184. The van der Waals surface area contributed by atoms with Gasteiger partial charge in [0.2, 0.25) is 0 Å². The van der Waals surface area contributed by atoms with Gasteiger partial charge in [-0.3, -0.25) is 4.99 Å². The molecule has 8 heteroatoms. The Kier molecular flexibility index (Phi) is 8.34. The van der Waals surface area contributed by atoms with Crippen molar-refractivity contribution >= 4 is 51.4 Å². The first-order valence-electron chi connectivity index (χ1n) is 8.57. The highest BCUT2D eigenvalue weighted by atomic mass is 127. The van der Waals surface area contributed by atoms with E-state index in [2.05, 4.69) is 15.6 Å². The fraction of sp³-hybridized carbons (Fsp3) is 0.250. The second kappa shape index (κ2) is 10.5. The predicted molar refractivity (Wildman–Crippen MR) is 125 cm³/mol. The molecule has 1 aromatic heterocycles. The van der Waals surface area contributed by atoms with Gasteiger partial charge < -0.3 is 25.6 Å². The van der Waals surface area contributed by atoms with Gasteiger partial charge in [0.05, 0.1) is 7.11 Å². The summed E-state index contributed by atoms with van der Waals surface area (Å²) in [6, 6.07) is 15.1. The topological polar surface area (TPSA) is 86.1 Å². The molecule has 6 nitrogen and oxygen atoms in total. The monoisotopic (exact) mass is 513 g/mol. The molecule has 3 rings (SSSR count). The van der Waals surface area contributed by atoms with Crippen LogP contribution in [0.4, 0.5) is 0 Å². The van der Waals surface area contributed by atoms with Gasteiger partial charge in [0.25, 0.3) is 0 Å². The summed E-state index contributed by atoms with van der Waals surface area (Å²) in [4.78, 5) is 5.06. The summed E-state index contributed by atoms with van der Waals surface area (Å²) in [7, 11) is 3.24. The molecule has 3 aromatic rings. The number of nitrogens with zero attached hydrogens (tertiary/aromatic N) is 1. The number of aromatic hydroxyl groups is 1. The van der Waals surface area contributed by atoms with Gasteiger partial charge >= 0.3 is 0 Å². The second-order valence-corrected chi connectivity index (χ2v) is 7.12. The number of methoxy groups -OCH3 is 1. The zero-order valence-electron chi connectivity index (χ0n) is 15.7. The first-order chi connectivity index (χ1) is 13.1. The van der Waals surface area contributed by atoms with Crippen LogP contribution in [0.15, 0.2) is 53.5 Å². The average molecular weight is 513 g/mol. The van der Waals surface area contributed by atoms with Crippen molar-refractivity contribution in [2.75, 3.05) is 20.7 Å². The Morgan fingerprint density at radius 1 is 1.18 bits per heavy atom. The van der Waals surface area contributed by atoms with Crippen molar-refractivity contribution in [2.45, 2.75) is 12.6 Å². The maximum absolute atomic E-state index is 10.5. The highest BCUT2D eigenvalue weighted by Crippen LogP contribution is 2.29. The first-order valence-corrected chi connectivity index (χ1v) is 9.39. The maximum Gasteiger partial charge on any atom is 0.191 e. The average Bonchev–Trinajstić information content (AvgIpc) is 3.13. The minimum Gasteiger partial charge on any atom is -0.508 e. The number of thiophene rings is 1. The van der Waals surface area contributed by atoms with E-state index < -0.39 is 6.10 Å². The van der Waals surface area contributed by atoms with E-state index in [1.54, 1.807) is 43.7 Å². The van der Waals surface area contributed by atoms with Gasteiger partial charge in [-0.1, -0.05) is 18.2 Å². The Bertz CT molecular complexity index is 912. The van der Waals surface area contributed by atoms with E-state index >= 15 is 0 Å². The molecule has 4 N–H and O–H groups in total. The largest absolute Gasteiger partial charge is 0.508 e. The van der Waals surface area contributed by atoms with Gasteiger partial charge in [0, 0.05) is 35.3 Å². The number of ether oxygens (including phenoxy) is 1. The van der Waals surface area contributed by atoms with Crippen LogP contribution in [0.3, 0.4) is 0 Å². The van der Waals surface area contributed by atoms with Crippen LogP contribution in [-0.2, 0) is 6.54 Å². The predicted octanol–water partition coefficient (Wildman–Crippen LogP) is 3.63. The van der Waals surface area contributed by atoms with Crippen molar-refractivity contribution in [1.29, 1.82) is 0 Å². The molecule has 0 saturated carbocycles. The Morgan fingerprint density at radius 3 is 2.68 bits per heavy atom. The molecular formula is C20H24IN3O3S. The molecule has 0 amide bonds. The van der Waals surface area contributed by atoms with Crippen molar-refractivity contribution in [3.05, 3.63) is 59.0 Å². The number of hydrogen-bond donors (Lipinski definition) is 4. The van der Waals surface area contributed by atoms with Gasteiger partial charge in [-0.2, -0.15) is 0 Å². The first kappa shape index (κ1) is 22.3. The third-order valence-electron chi connectivity index (χ3n) is 4.19. The number of benzene rings is 2. The number of aliphatic hydroxyl groups is 1. The normalized spacial score (nSPS) is 12.3. The van der Waals surface area contributed by atoms with Gasteiger partial charge in [-0.05, 0) is 35.7 Å². The molecule has 28 heavy (non-hydrogen) atoms. The molecule has 0 aliphatic rings. The summed E-state index contributed by atoms with van der Waals surface area (Å²) in [5.74, 6) is 1.40. The van der Waals surface area contributed by atoms with Gasteiger partial charge in [-0.25, -0.2) is 0 Å². The minimum absolute atomic E-state index is 0. The van der Waals surface area contributed by atoms with Crippen molar-refractivity contribution in [3.8, 4) is 11.5 Å². The second-order valence-electron chi connectivity index (χ2n) is 6.00. The molecule has 0 saturated heterocycles. The maximum atomic E-state index is 10.5. The van der Waals surface area contributed by atoms with Crippen LogP contribution in [0.2, 0.25) is 0 Å². The van der Waals surface area contributed by atoms with Crippen molar-refractivity contribution in [3.63, 3.8) is 0 Å². The van der Waals surface area contributed by atoms with E-state index in [9.17, 15) is 10.2 Å². The molecular weight excluding hydrogens is 489 g/mol. The van der Waals surface area contributed by atoms with E-state index in [0.29, 0.717) is 30.4 Å². The summed E-state index contributed by atoms with van der Waals surface area (Å²) in [5, 5.41) is 27.8. The highest BCUT2D eigenvalue weighted by molar-refractivity contribution is 14.0. The number of guanidine groups is 1. The van der Waals surface area contributed by atoms with Crippen molar-refractivity contribution < 1.29 is 14.9 Å². The smallest absolute Gasteiger partial charge is 0.191 e. The summed E-state index contributed by atoms with van der Waals surface area (Å²) < 4.78 is 6.33. The quantitative estimate of drug-likeness (QED) is 0.230. The molecule has 0 fully saturated rings. The van der Waals surface area contributed by atoms with Crippen LogP contribution >= 0.6 is 35.3 Å². The SMILES string of the molecule is CN=C(NCc1cc(OC)ccc1O)NCC(O)c1cc2ccccc2s1.I. The van der Waals surface area contributed by atoms with E-state index in [4.69, 9.17) is 4.74 Å². The third-order valence-corrected chi connectivity index (χ3v) is 5.41. The van der Waals surface area contributed by atoms with Crippen molar-refractivity contribution in [1.82, 2.24) is 10.6 Å². The van der Waals surface area contributed by atoms with Crippen LogP contribution in [-0.4, -0.2) is 36.9 Å². The number of hydrogen-bond acceptors (Lipinski definition) is 5. The van der Waals surface area contributed by atoms with Gasteiger partial charge in [0.15, 0.2) is 5.96 Å². The number of nitrogens with one attached hydrogen (secondary N) is 2. The molecule has 150 valence electrons. The molecule has 1 heterocycles. The Balaban J connectivity index is 0.00000280. The number of phenols is 1. The third kappa shape index (κ3) is 5.49. The molecule has 0 aliphatic heterocycles. The molecule has 1 atom stereocenters. The zero-order chi connectivity index (χ0) is 19.2. The fourth-order valence-electron chi connectivity index (χ4n) is 2.69. The van der Waals surface area contributed by atoms with Gasteiger partial charge in [-0.15, -0.1) is 35.3 Å². The number of aliphatic imine (C=N–C) groups is 1. The molecule has 0 radical (unpaired) electrons. The fourth-order valence-corrected chi connectivity index (χ4v) is 3.74. The standard InChI is InChI=1S/C20H23N3O3S.HI/c1-21-20(22-11-14-9-15(26-2)7-8-16(14)24)23-12-17(25)19-10-13-5-3-4-6-18(13)27-19;/h3-10,17,24-25H,11-12H2,1-2H3,(H2,21,22,23);1H. The van der Waals surface area contributed by atoms with Crippen molar-refractivity contribution in [2.24, 2.45) is 4.99 Å². The minimum atomic E-state index is -0.633. The lowest BCUT2D eigenvalue weighted by Crippen LogP contribution is -2.38. The number of halogens is 1. The van der Waals surface area contributed by atoms with Crippen LogP contribution in [0.1, 0.15) is 16.5 Å². The lowest BCUT2D eigenvalue weighted by Gasteiger charge is -2.15. The summed E-state index contributed by atoms with van der Waals surface area (Å²) in [6.45, 7) is 0.707.